The minimum absolute atomic E-state index is 0.00790. The number of likely N-dealkylation sites (tertiary alicyclic amines) is 4. The first-order valence-electron chi connectivity index (χ1n) is 49.3. The number of carbonyl (C=O) groups excluding carboxylic acids is 12. The Kier molecular flexibility index (Phi) is 33.5. The lowest BCUT2D eigenvalue weighted by atomic mass is 9.81. The minimum atomic E-state index is -0.890. The lowest BCUT2D eigenvalue weighted by Gasteiger charge is -2.46. The maximum atomic E-state index is 13.7. The van der Waals surface area contributed by atoms with Crippen LogP contribution in [0.4, 0.5) is 41.9 Å². The van der Waals surface area contributed by atoms with Gasteiger partial charge in [-0.25, -0.2) is 19.2 Å². The second-order valence-electron chi connectivity index (χ2n) is 38.1. The first-order valence-corrected chi connectivity index (χ1v) is 49.3. The van der Waals surface area contributed by atoms with Crippen LogP contribution in [0.15, 0.2) is 238 Å². The zero-order chi connectivity index (χ0) is 96.9. The first-order chi connectivity index (χ1) is 67.1. The van der Waals surface area contributed by atoms with Crippen LogP contribution in [-0.4, -0.2) is 191 Å². The van der Waals surface area contributed by atoms with Gasteiger partial charge in [-0.3, -0.25) is 87.9 Å². The SMILES string of the molecule is CC[C@@H](NC(=O)N1C(=O)[C@H](Cc2ccncc2)[C@H]1C(=O)N(C)c1ccccc1)c1ccccc1.CC[C@@H](NC(=O)N1C(=O)[C@H](Cc2ccncc2)[C@H]1C(=O)N(C)c1ccncc1)C1CCCCC1.CN(C(=O)[C@@H]1[C@@H](Cc2ccncc2)C(=O)N1C(=O)N[C@@H](C1CCCCC1)C1CC1)c1ccccc1.CN(C(=O)[C@@H]1[C@@H](Cc2ccncc2)C(=O)N1C(=O)N[C@@H](C1CCCCC1)C1CC1)c1ccncc1. The molecule has 4 N–H and O–H groups in total. The van der Waals surface area contributed by atoms with E-state index in [4.69, 9.17) is 0 Å². The Morgan fingerprint density at radius 3 is 0.797 bits per heavy atom. The normalized spacial score (nSPS) is 21.6. The summed E-state index contributed by atoms with van der Waals surface area (Å²) in [6, 6.07) is 44.4. The number of imide groups is 4. The number of anilines is 4. The number of hydrogen-bond donors (Lipinski definition) is 4. The van der Waals surface area contributed by atoms with Gasteiger partial charge in [0.25, 0.3) is 23.6 Å². The topological polar surface area (TPSA) is 356 Å². The number of urea groups is 4. The molecule has 30 nitrogen and oxygen atoms in total. The van der Waals surface area contributed by atoms with Gasteiger partial charge in [-0.1, -0.05) is 138 Å². The van der Waals surface area contributed by atoms with Crippen molar-refractivity contribution in [1.82, 2.24) is 70.8 Å². The molecule has 722 valence electrons. The van der Waals surface area contributed by atoms with Crippen LogP contribution in [0.25, 0.3) is 0 Å². The number of rotatable bonds is 28. The fourth-order valence-corrected chi connectivity index (χ4v) is 21.1. The van der Waals surface area contributed by atoms with Crippen LogP contribution < -0.4 is 40.9 Å². The van der Waals surface area contributed by atoms with E-state index in [1.54, 1.807) is 132 Å². The summed E-state index contributed by atoms with van der Waals surface area (Å²) in [5.41, 5.74) is 7.36. The van der Waals surface area contributed by atoms with Gasteiger partial charge in [0, 0.05) is 143 Å². The quantitative estimate of drug-likeness (QED) is 0.0331. The Hall–Kier alpha value is -13.8. The van der Waals surface area contributed by atoms with E-state index in [0.717, 1.165) is 114 Å². The minimum Gasteiger partial charge on any atom is -0.335 e. The smallest absolute Gasteiger partial charge is 0.325 e. The van der Waals surface area contributed by atoms with Gasteiger partial charge in [-0.2, -0.15) is 0 Å². The standard InChI is InChI=1S/C28H34N4O3.C27H33N5O3.C27H28N4O3.C26H33N5O3/c1-31(22-10-6-3-7-11-22)27(34)25-23(18-19-14-16-29-17-15-19)26(33)32(25)28(35)30-24(21-12-13-21)20-8-4-2-5-9-20;1-31(21-11-15-29-16-12-21)26(34)24-22(17-18-9-13-28-14-10-18)25(33)32(24)27(35)30-23(20-7-8-20)19-5-3-2-4-6-19;1-3-23(20-10-6-4-7-11-20)29-27(34)31-24(26(33)30(2)21-12-8-5-9-13-21)22(25(31)32)18-19-14-16-28-17-15-19;1-3-22(19-7-5-4-6-8-19)29-26(34)31-23(25(33)30(2)20-11-15-28-16-12-20)21(24(31)32)17-18-9-13-27-14-10-18/h3,6-7,10-11,14-17,20-21,23-25H,2,4-5,8-9,12-13,18H2,1H3,(H,30,35);9-16,19-20,22-24H,2-8,17H2,1H3,(H,30,35);4-17,22-24H,3,18H2,1-2H3,(H,29,34);9-16,19,21-23H,3-8,17H2,1-2H3,(H,29,34)/t23-,24+,25+;22-,23+,24+;22-,23-,24+;21-,22-,23+/m1111/s1. The molecular formula is C108H128N18O12. The van der Waals surface area contributed by atoms with Crippen molar-refractivity contribution < 1.29 is 57.5 Å². The summed E-state index contributed by atoms with van der Waals surface area (Å²) in [5, 5.41) is 12.5. The monoisotopic (exact) mass is 1870 g/mol. The number of para-hydroxylation sites is 2. The van der Waals surface area contributed by atoms with E-state index in [1.807, 2.05) is 146 Å². The van der Waals surface area contributed by atoms with Crippen molar-refractivity contribution in [3.63, 3.8) is 0 Å². The maximum absolute atomic E-state index is 13.7. The van der Waals surface area contributed by atoms with Gasteiger partial charge in [-0.05, 0) is 257 Å². The molecular weight excluding hydrogens is 1740 g/mol. The maximum Gasteiger partial charge on any atom is 0.325 e. The molecule has 18 rings (SSSR count). The average molecular weight is 1870 g/mol. The summed E-state index contributed by atoms with van der Waals surface area (Å²) in [5.74, 6) is -2.40. The fourth-order valence-electron chi connectivity index (χ4n) is 21.1. The van der Waals surface area contributed by atoms with Crippen molar-refractivity contribution in [2.24, 2.45) is 53.3 Å². The summed E-state index contributed by atoms with van der Waals surface area (Å²) in [6.45, 7) is 4.03. The van der Waals surface area contributed by atoms with Crippen LogP contribution in [0.3, 0.4) is 0 Å². The number of pyridine rings is 6. The summed E-state index contributed by atoms with van der Waals surface area (Å²) in [6.07, 6.45) is 44.8. The van der Waals surface area contributed by atoms with Gasteiger partial charge in [0.2, 0.25) is 23.6 Å². The molecule has 5 saturated carbocycles. The zero-order valence-corrected chi connectivity index (χ0v) is 79.7. The Morgan fingerprint density at radius 1 is 0.290 bits per heavy atom. The van der Waals surface area contributed by atoms with Crippen LogP contribution in [0.2, 0.25) is 0 Å². The van der Waals surface area contributed by atoms with Crippen molar-refractivity contribution in [1.29, 1.82) is 0 Å². The molecule has 9 aromatic rings. The molecule has 4 saturated heterocycles. The molecule has 9 fully saturated rings. The van der Waals surface area contributed by atoms with E-state index >= 15 is 0 Å². The molecule has 6 aromatic heterocycles. The number of nitrogens with one attached hydrogen (secondary N) is 4. The second-order valence-corrected chi connectivity index (χ2v) is 38.1. The highest BCUT2D eigenvalue weighted by atomic mass is 16.2. The molecule has 138 heavy (non-hydrogen) atoms. The van der Waals surface area contributed by atoms with Gasteiger partial charge in [0.15, 0.2) is 0 Å². The van der Waals surface area contributed by atoms with Crippen LogP contribution in [0.1, 0.15) is 183 Å². The predicted octanol–water partition coefficient (Wildman–Crippen LogP) is 15.3. The molecule has 12 atom stereocenters. The third-order valence-electron chi connectivity index (χ3n) is 29.3. The largest absolute Gasteiger partial charge is 0.335 e. The van der Waals surface area contributed by atoms with E-state index < -0.39 is 72.0 Å². The molecule has 0 unspecified atom stereocenters. The van der Waals surface area contributed by atoms with Gasteiger partial charge < -0.3 is 40.9 Å². The second kappa shape index (κ2) is 46.8. The fraction of sp³-hybridized carbons (Fsp3) is 0.444. The first kappa shape index (κ1) is 98.7. The summed E-state index contributed by atoms with van der Waals surface area (Å²) in [7, 11) is 6.71. The molecule has 5 aliphatic carbocycles. The average Bonchev–Trinajstić information content (AvgIpc) is 0.824. The van der Waals surface area contributed by atoms with E-state index in [-0.39, 0.29) is 71.4 Å². The molecule has 0 radical (unpaired) electrons. The number of likely N-dealkylation sites (N-methyl/N-ethyl adjacent to an activating group) is 4. The molecule has 0 bridgehead atoms. The zero-order valence-electron chi connectivity index (χ0n) is 79.7. The molecule has 30 heteroatoms. The molecule has 0 spiro atoms. The third kappa shape index (κ3) is 23.5. The number of β-lactam (4-membered cyclic amide) rings is 4. The Balaban J connectivity index is 0.000000140. The van der Waals surface area contributed by atoms with Crippen LogP contribution in [-0.2, 0) is 64.0 Å². The van der Waals surface area contributed by atoms with Gasteiger partial charge in [0.05, 0.1) is 29.7 Å². The lowest BCUT2D eigenvalue weighted by molar-refractivity contribution is -0.156. The van der Waals surface area contributed by atoms with E-state index in [2.05, 4.69) is 58.1 Å². The number of carbonyl (C=O) groups is 12. The number of amides is 16. The summed E-state index contributed by atoms with van der Waals surface area (Å²) in [4.78, 5) is 196. The molecule has 3 aromatic carbocycles. The number of aromatic nitrogens is 6. The Bertz CT molecular complexity index is 5440. The summed E-state index contributed by atoms with van der Waals surface area (Å²) < 4.78 is 0. The van der Waals surface area contributed by atoms with E-state index in [1.165, 1.54) is 82.3 Å². The van der Waals surface area contributed by atoms with Gasteiger partial charge in [0.1, 0.15) is 24.2 Å². The molecule has 4 aliphatic heterocycles. The lowest BCUT2D eigenvalue weighted by Crippen LogP contribution is -2.71. The molecule has 9 aliphatic rings. The van der Waals surface area contributed by atoms with Gasteiger partial charge in [-0.15, -0.1) is 0 Å². The highest BCUT2D eigenvalue weighted by Gasteiger charge is 2.60. The van der Waals surface area contributed by atoms with Crippen molar-refractivity contribution in [2.45, 2.75) is 223 Å². The number of nitrogens with zero attached hydrogens (tertiary/aromatic N) is 14. The summed E-state index contributed by atoms with van der Waals surface area (Å²) >= 11 is 0. The number of benzene rings is 3. The van der Waals surface area contributed by atoms with Gasteiger partial charge >= 0.3 is 24.1 Å². The van der Waals surface area contributed by atoms with E-state index in [0.29, 0.717) is 78.8 Å². The predicted molar refractivity (Wildman–Crippen MR) is 524 cm³/mol. The Morgan fingerprint density at radius 2 is 0.529 bits per heavy atom. The molecule has 10 heterocycles. The van der Waals surface area contributed by atoms with Crippen molar-refractivity contribution in [3.05, 3.63) is 266 Å². The van der Waals surface area contributed by atoms with Crippen molar-refractivity contribution >= 4 is 94.1 Å². The van der Waals surface area contributed by atoms with Crippen LogP contribution >= 0.6 is 0 Å². The van der Waals surface area contributed by atoms with Crippen molar-refractivity contribution in [2.75, 3.05) is 47.8 Å². The third-order valence-corrected chi connectivity index (χ3v) is 29.3. The Labute approximate surface area is 807 Å². The van der Waals surface area contributed by atoms with Crippen molar-refractivity contribution in [3.8, 4) is 0 Å². The van der Waals surface area contributed by atoms with Crippen LogP contribution in [0.5, 0.6) is 0 Å². The van der Waals surface area contributed by atoms with Crippen LogP contribution in [0, 0.1) is 53.3 Å². The van der Waals surface area contributed by atoms with E-state index in [9.17, 15) is 57.5 Å². The highest BCUT2D eigenvalue weighted by Crippen LogP contribution is 2.45. The highest BCUT2D eigenvalue weighted by molar-refractivity contribution is 6.16. The molecule has 16 amide bonds. The number of hydrogen-bond acceptors (Lipinski definition) is 18.